The first-order chi connectivity index (χ1) is 13.7. The standard InChI is InChI=1S/C23H17FN2O2/c24-19-6-2-1-5-16(19)17-13-18(17)22(27)25-15-11-9-14(10-12-15)23-26-20-7-3-4-8-21(20)28-23/h1-12,17-18H,13H2,(H,25,27). The number of nitrogens with zero attached hydrogens (tertiary/aromatic N) is 1. The molecular formula is C23H17FN2O2. The molecule has 0 spiro atoms. The smallest absolute Gasteiger partial charge is 0.228 e. The molecule has 5 rings (SSSR count). The number of carbonyl (C=O) groups is 1. The van der Waals surface area contributed by atoms with Gasteiger partial charge < -0.3 is 9.73 Å². The number of benzene rings is 3. The van der Waals surface area contributed by atoms with E-state index in [0.717, 1.165) is 16.7 Å². The maximum absolute atomic E-state index is 13.9. The number of hydrogen-bond donors (Lipinski definition) is 1. The van der Waals surface area contributed by atoms with Crippen LogP contribution in [-0.2, 0) is 4.79 Å². The van der Waals surface area contributed by atoms with Gasteiger partial charge in [0.1, 0.15) is 11.3 Å². The predicted molar refractivity (Wildman–Crippen MR) is 105 cm³/mol. The summed E-state index contributed by atoms with van der Waals surface area (Å²) in [7, 11) is 0. The third-order valence-corrected chi connectivity index (χ3v) is 5.13. The van der Waals surface area contributed by atoms with Crippen LogP contribution in [0.2, 0.25) is 0 Å². The Morgan fingerprint density at radius 2 is 1.75 bits per heavy atom. The largest absolute Gasteiger partial charge is 0.436 e. The first-order valence-electron chi connectivity index (χ1n) is 9.20. The summed E-state index contributed by atoms with van der Waals surface area (Å²) in [6.45, 7) is 0. The number of amides is 1. The minimum Gasteiger partial charge on any atom is -0.436 e. The maximum atomic E-state index is 13.9. The molecule has 0 saturated heterocycles. The summed E-state index contributed by atoms with van der Waals surface area (Å²) in [4.78, 5) is 17.0. The number of rotatable bonds is 4. The molecule has 4 nitrogen and oxygen atoms in total. The van der Waals surface area contributed by atoms with Gasteiger partial charge in [0.05, 0.1) is 0 Å². The zero-order valence-electron chi connectivity index (χ0n) is 14.9. The van der Waals surface area contributed by atoms with Crippen LogP contribution in [0.1, 0.15) is 17.9 Å². The molecule has 3 aromatic carbocycles. The number of nitrogens with one attached hydrogen (secondary N) is 1. The molecule has 1 aliphatic rings. The Bertz CT molecular complexity index is 1130. The molecule has 0 bridgehead atoms. The SMILES string of the molecule is O=C(Nc1ccc(-c2nc3ccccc3o2)cc1)C1CC1c1ccccc1F. The average Bonchev–Trinajstić information content (AvgIpc) is 3.39. The molecule has 1 aromatic heterocycles. The highest BCUT2D eigenvalue weighted by atomic mass is 19.1. The van der Waals surface area contributed by atoms with Crippen LogP contribution in [0.5, 0.6) is 0 Å². The minimum atomic E-state index is -0.245. The van der Waals surface area contributed by atoms with Gasteiger partial charge in [0, 0.05) is 17.2 Å². The van der Waals surface area contributed by atoms with Crippen molar-refractivity contribution in [2.75, 3.05) is 5.32 Å². The molecule has 2 atom stereocenters. The lowest BCUT2D eigenvalue weighted by molar-refractivity contribution is -0.117. The van der Waals surface area contributed by atoms with E-state index in [4.69, 9.17) is 4.42 Å². The van der Waals surface area contributed by atoms with E-state index in [1.807, 2.05) is 48.5 Å². The lowest BCUT2D eigenvalue weighted by atomic mass is 10.1. The molecule has 1 N–H and O–H groups in total. The fraction of sp³-hybridized carbons (Fsp3) is 0.130. The third kappa shape index (κ3) is 3.05. The number of aromatic nitrogens is 1. The predicted octanol–water partition coefficient (Wildman–Crippen LogP) is 5.38. The van der Waals surface area contributed by atoms with Crippen molar-refractivity contribution in [2.45, 2.75) is 12.3 Å². The second-order valence-electron chi connectivity index (χ2n) is 7.02. The average molecular weight is 372 g/mol. The minimum absolute atomic E-state index is 0.0415. The molecular weight excluding hydrogens is 355 g/mol. The van der Waals surface area contributed by atoms with Crippen molar-refractivity contribution in [3.8, 4) is 11.5 Å². The van der Waals surface area contributed by atoms with Crippen molar-refractivity contribution >= 4 is 22.7 Å². The Labute approximate surface area is 161 Å². The van der Waals surface area contributed by atoms with Gasteiger partial charge in [0.2, 0.25) is 11.8 Å². The van der Waals surface area contributed by atoms with Gasteiger partial charge >= 0.3 is 0 Å². The van der Waals surface area contributed by atoms with Gasteiger partial charge in [-0.1, -0.05) is 30.3 Å². The summed E-state index contributed by atoms with van der Waals surface area (Å²) in [6.07, 6.45) is 0.674. The monoisotopic (exact) mass is 372 g/mol. The van der Waals surface area contributed by atoms with Gasteiger partial charge in [-0.3, -0.25) is 4.79 Å². The van der Waals surface area contributed by atoms with Gasteiger partial charge in [-0.15, -0.1) is 0 Å². The summed E-state index contributed by atoms with van der Waals surface area (Å²) >= 11 is 0. The van der Waals surface area contributed by atoms with Gasteiger partial charge in [-0.05, 0) is 60.4 Å². The Morgan fingerprint density at radius 3 is 2.54 bits per heavy atom. The quantitative estimate of drug-likeness (QED) is 0.523. The molecule has 28 heavy (non-hydrogen) atoms. The zero-order chi connectivity index (χ0) is 19.1. The van der Waals surface area contributed by atoms with E-state index in [-0.39, 0.29) is 23.6 Å². The molecule has 1 fully saturated rings. The van der Waals surface area contributed by atoms with E-state index in [0.29, 0.717) is 23.6 Å². The lowest BCUT2D eigenvalue weighted by Gasteiger charge is -2.06. The summed E-state index contributed by atoms with van der Waals surface area (Å²) in [5.41, 5.74) is 3.70. The van der Waals surface area contributed by atoms with E-state index in [2.05, 4.69) is 10.3 Å². The van der Waals surface area contributed by atoms with Crippen molar-refractivity contribution in [3.05, 3.63) is 84.2 Å². The second-order valence-corrected chi connectivity index (χ2v) is 7.02. The van der Waals surface area contributed by atoms with Crippen LogP contribution >= 0.6 is 0 Å². The molecule has 1 amide bonds. The molecule has 0 aliphatic heterocycles. The number of hydrogen-bond acceptors (Lipinski definition) is 3. The lowest BCUT2D eigenvalue weighted by Crippen LogP contribution is -2.14. The van der Waals surface area contributed by atoms with Crippen LogP contribution in [0, 0.1) is 11.7 Å². The van der Waals surface area contributed by atoms with E-state index < -0.39 is 0 Å². The van der Waals surface area contributed by atoms with Crippen LogP contribution in [0.25, 0.3) is 22.6 Å². The van der Waals surface area contributed by atoms with Gasteiger partial charge in [-0.2, -0.15) is 0 Å². The summed E-state index contributed by atoms with van der Waals surface area (Å²) < 4.78 is 19.6. The van der Waals surface area contributed by atoms with Crippen LogP contribution in [0.4, 0.5) is 10.1 Å². The molecule has 4 aromatic rings. The molecule has 0 radical (unpaired) electrons. The van der Waals surface area contributed by atoms with E-state index in [9.17, 15) is 9.18 Å². The Kier molecular flexibility index (Phi) is 3.93. The Hall–Kier alpha value is -3.47. The topological polar surface area (TPSA) is 55.1 Å². The van der Waals surface area contributed by atoms with E-state index in [1.54, 1.807) is 18.2 Å². The van der Waals surface area contributed by atoms with Crippen molar-refractivity contribution < 1.29 is 13.6 Å². The second kappa shape index (κ2) is 6.60. The first-order valence-corrected chi connectivity index (χ1v) is 9.20. The number of halogens is 1. The number of anilines is 1. The van der Waals surface area contributed by atoms with Gasteiger partial charge in [-0.25, -0.2) is 9.37 Å². The van der Waals surface area contributed by atoms with Crippen molar-refractivity contribution in [2.24, 2.45) is 5.92 Å². The van der Waals surface area contributed by atoms with Crippen LogP contribution in [-0.4, -0.2) is 10.9 Å². The molecule has 1 aliphatic carbocycles. The van der Waals surface area contributed by atoms with Gasteiger partial charge in [0.25, 0.3) is 0 Å². The van der Waals surface area contributed by atoms with Gasteiger partial charge in [0.15, 0.2) is 5.58 Å². The normalized spacial score (nSPS) is 18.2. The third-order valence-electron chi connectivity index (χ3n) is 5.13. The van der Waals surface area contributed by atoms with E-state index in [1.165, 1.54) is 6.07 Å². The highest BCUT2D eigenvalue weighted by Crippen LogP contribution is 2.48. The van der Waals surface area contributed by atoms with Crippen LogP contribution in [0.3, 0.4) is 0 Å². The molecule has 1 heterocycles. The first kappa shape index (κ1) is 16.7. The fourth-order valence-electron chi connectivity index (χ4n) is 3.53. The van der Waals surface area contributed by atoms with Crippen molar-refractivity contribution in [1.82, 2.24) is 4.98 Å². The zero-order valence-corrected chi connectivity index (χ0v) is 14.9. The van der Waals surface area contributed by atoms with Crippen LogP contribution < -0.4 is 5.32 Å². The number of oxazole rings is 1. The number of fused-ring (bicyclic) bond motifs is 1. The maximum Gasteiger partial charge on any atom is 0.228 e. The van der Waals surface area contributed by atoms with Crippen molar-refractivity contribution in [1.29, 1.82) is 0 Å². The summed E-state index contributed by atoms with van der Waals surface area (Å²) in [5, 5.41) is 2.92. The molecule has 5 heteroatoms. The van der Waals surface area contributed by atoms with Crippen LogP contribution in [0.15, 0.2) is 77.2 Å². The highest BCUT2D eigenvalue weighted by molar-refractivity contribution is 5.95. The molecule has 138 valence electrons. The summed E-state index contributed by atoms with van der Waals surface area (Å²) in [5.74, 6) is -0.0110. The molecule has 2 unspecified atom stereocenters. The Morgan fingerprint density at radius 1 is 1.00 bits per heavy atom. The molecule has 1 saturated carbocycles. The Balaban J connectivity index is 1.28. The number of para-hydroxylation sites is 2. The van der Waals surface area contributed by atoms with Crippen molar-refractivity contribution in [3.63, 3.8) is 0 Å². The van der Waals surface area contributed by atoms with E-state index >= 15 is 0 Å². The summed E-state index contributed by atoms with van der Waals surface area (Å²) in [6, 6.07) is 21.6. The number of carbonyl (C=O) groups excluding carboxylic acids is 1. The fourth-order valence-corrected chi connectivity index (χ4v) is 3.53. The highest BCUT2D eigenvalue weighted by Gasteiger charge is 2.45.